The highest BCUT2D eigenvalue weighted by Gasteiger charge is 2.35. The van der Waals surface area contributed by atoms with Crippen molar-refractivity contribution in [3.8, 4) is 0 Å². The van der Waals surface area contributed by atoms with Crippen LogP contribution in [0, 0.1) is 11.8 Å². The molecular weight excluding hydrogens is 248 g/mol. The Balaban J connectivity index is 1.54. The minimum atomic E-state index is 0.308. The van der Waals surface area contributed by atoms with Crippen molar-refractivity contribution in [3.05, 3.63) is 29.8 Å². The summed E-state index contributed by atoms with van der Waals surface area (Å²) in [5.41, 5.74) is 7.83. The molecule has 20 heavy (non-hydrogen) atoms. The third kappa shape index (κ3) is 2.82. The van der Waals surface area contributed by atoms with Crippen LogP contribution in [-0.4, -0.2) is 23.9 Å². The topological polar surface area (TPSA) is 46.3 Å². The number of fused-ring (bicyclic) bond motifs is 1. The Morgan fingerprint density at radius 3 is 2.45 bits per heavy atom. The van der Waals surface area contributed by atoms with Gasteiger partial charge in [-0.2, -0.15) is 0 Å². The van der Waals surface area contributed by atoms with Gasteiger partial charge in [0.2, 0.25) is 5.91 Å². The summed E-state index contributed by atoms with van der Waals surface area (Å²) >= 11 is 0. The lowest BCUT2D eigenvalue weighted by Crippen LogP contribution is -2.29. The number of anilines is 1. The van der Waals surface area contributed by atoms with E-state index in [-0.39, 0.29) is 0 Å². The number of nitrogens with two attached hydrogens (primary N) is 1. The molecule has 0 bridgehead atoms. The highest BCUT2D eigenvalue weighted by atomic mass is 16.2. The molecule has 2 fully saturated rings. The van der Waals surface area contributed by atoms with Crippen molar-refractivity contribution in [2.45, 2.75) is 38.5 Å². The molecule has 0 spiro atoms. The van der Waals surface area contributed by atoms with E-state index in [0.29, 0.717) is 12.3 Å². The van der Waals surface area contributed by atoms with Crippen molar-refractivity contribution < 1.29 is 4.79 Å². The molecule has 0 radical (unpaired) electrons. The predicted molar refractivity (Wildman–Crippen MR) is 81.2 cm³/mol. The molecule has 2 N–H and O–H groups in total. The third-order valence-electron chi connectivity index (χ3n) is 4.99. The van der Waals surface area contributed by atoms with E-state index in [2.05, 4.69) is 4.90 Å². The lowest BCUT2D eigenvalue weighted by molar-refractivity contribution is -0.130. The first-order valence-electron chi connectivity index (χ1n) is 7.85. The number of hydrogen-bond donors (Lipinski definition) is 1. The zero-order valence-electron chi connectivity index (χ0n) is 12.1. The summed E-state index contributed by atoms with van der Waals surface area (Å²) < 4.78 is 0. The highest BCUT2D eigenvalue weighted by molar-refractivity contribution is 5.77. The van der Waals surface area contributed by atoms with Crippen molar-refractivity contribution in [1.82, 2.24) is 4.90 Å². The minimum Gasteiger partial charge on any atom is -0.399 e. The Morgan fingerprint density at radius 1 is 1.15 bits per heavy atom. The normalized spacial score (nSPS) is 25.5. The van der Waals surface area contributed by atoms with Gasteiger partial charge in [0.05, 0.1) is 0 Å². The number of amides is 1. The predicted octanol–water partition coefficient (Wildman–Crippen LogP) is 2.85. The van der Waals surface area contributed by atoms with Gasteiger partial charge in [0.1, 0.15) is 0 Å². The van der Waals surface area contributed by atoms with E-state index in [4.69, 9.17) is 5.73 Å². The van der Waals surface area contributed by atoms with E-state index in [0.717, 1.165) is 42.6 Å². The lowest BCUT2D eigenvalue weighted by Gasteiger charge is -2.22. The van der Waals surface area contributed by atoms with Crippen molar-refractivity contribution in [2.75, 3.05) is 18.8 Å². The maximum Gasteiger partial charge on any atom is 0.222 e. The van der Waals surface area contributed by atoms with Gasteiger partial charge in [0.25, 0.3) is 0 Å². The second-order valence-corrected chi connectivity index (χ2v) is 6.30. The van der Waals surface area contributed by atoms with Crippen molar-refractivity contribution in [1.29, 1.82) is 0 Å². The molecule has 1 aliphatic carbocycles. The molecule has 1 saturated heterocycles. The van der Waals surface area contributed by atoms with Gasteiger partial charge in [0.15, 0.2) is 0 Å². The van der Waals surface area contributed by atoms with Crippen molar-refractivity contribution in [3.63, 3.8) is 0 Å². The number of nitrogen functional groups attached to an aromatic ring is 1. The summed E-state index contributed by atoms with van der Waals surface area (Å²) in [6.07, 6.45) is 6.69. The van der Waals surface area contributed by atoms with Crippen LogP contribution in [0.15, 0.2) is 24.3 Å². The molecule has 108 valence electrons. The summed E-state index contributed by atoms with van der Waals surface area (Å²) in [5, 5.41) is 0. The second kappa shape index (κ2) is 5.86. The zero-order valence-corrected chi connectivity index (χ0v) is 12.1. The fraction of sp³-hybridized carbons (Fsp3) is 0.588. The zero-order chi connectivity index (χ0) is 13.9. The quantitative estimate of drug-likeness (QED) is 0.860. The van der Waals surface area contributed by atoms with Gasteiger partial charge >= 0.3 is 0 Å². The van der Waals surface area contributed by atoms with Crippen LogP contribution in [0.25, 0.3) is 0 Å². The average molecular weight is 272 g/mol. The first-order valence-corrected chi connectivity index (χ1v) is 7.85. The number of likely N-dealkylation sites (tertiary alicyclic amines) is 1. The number of carbonyl (C=O) groups is 1. The Labute approximate surface area is 121 Å². The van der Waals surface area contributed by atoms with E-state index < -0.39 is 0 Å². The van der Waals surface area contributed by atoms with Crippen LogP contribution in [0.1, 0.15) is 37.7 Å². The van der Waals surface area contributed by atoms with E-state index in [1.54, 1.807) is 0 Å². The second-order valence-electron chi connectivity index (χ2n) is 6.30. The molecule has 3 rings (SSSR count). The molecule has 1 amide bonds. The Morgan fingerprint density at radius 2 is 1.80 bits per heavy atom. The van der Waals surface area contributed by atoms with Crippen LogP contribution >= 0.6 is 0 Å². The molecule has 3 heteroatoms. The Hall–Kier alpha value is -1.51. The SMILES string of the molecule is Nc1ccccc1CCC(=O)N1CC2CCCCC2C1. The molecule has 1 saturated carbocycles. The van der Waals surface area contributed by atoms with Crippen LogP contribution in [0.3, 0.4) is 0 Å². The molecule has 2 atom stereocenters. The molecule has 1 aromatic rings. The van der Waals surface area contributed by atoms with Gasteiger partial charge in [0, 0.05) is 25.2 Å². The van der Waals surface area contributed by atoms with Gasteiger partial charge in [-0.15, -0.1) is 0 Å². The monoisotopic (exact) mass is 272 g/mol. The van der Waals surface area contributed by atoms with Gasteiger partial charge in [-0.05, 0) is 42.7 Å². The molecule has 2 unspecified atom stereocenters. The molecule has 1 aromatic carbocycles. The number of rotatable bonds is 3. The number of para-hydroxylation sites is 1. The average Bonchev–Trinajstić information content (AvgIpc) is 2.90. The van der Waals surface area contributed by atoms with Crippen molar-refractivity contribution >= 4 is 11.6 Å². The van der Waals surface area contributed by atoms with Crippen LogP contribution in [0.5, 0.6) is 0 Å². The number of nitrogens with zero attached hydrogens (tertiary/aromatic N) is 1. The first kappa shape index (κ1) is 13.5. The molecule has 1 aliphatic heterocycles. The minimum absolute atomic E-state index is 0.308. The lowest BCUT2D eigenvalue weighted by atomic mass is 9.82. The van der Waals surface area contributed by atoms with Gasteiger partial charge < -0.3 is 10.6 Å². The highest BCUT2D eigenvalue weighted by Crippen LogP contribution is 2.36. The van der Waals surface area contributed by atoms with E-state index in [1.807, 2.05) is 24.3 Å². The van der Waals surface area contributed by atoms with Crippen LogP contribution in [0.2, 0.25) is 0 Å². The number of benzene rings is 1. The molecule has 3 nitrogen and oxygen atoms in total. The summed E-state index contributed by atoms with van der Waals surface area (Å²) in [4.78, 5) is 14.5. The third-order valence-corrected chi connectivity index (χ3v) is 4.99. The maximum atomic E-state index is 12.4. The summed E-state index contributed by atoms with van der Waals surface area (Å²) in [6, 6.07) is 7.85. The molecule has 2 aliphatic rings. The smallest absolute Gasteiger partial charge is 0.222 e. The van der Waals surface area contributed by atoms with Crippen molar-refractivity contribution in [2.24, 2.45) is 11.8 Å². The number of hydrogen-bond acceptors (Lipinski definition) is 2. The van der Waals surface area contributed by atoms with Gasteiger partial charge in [-0.3, -0.25) is 4.79 Å². The molecular formula is C17H24N2O. The number of carbonyl (C=O) groups excluding carboxylic acids is 1. The Bertz CT molecular complexity index is 472. The van der Waals surface area contributed by atoms with Crippen LogP contribution in [0.4, 0.5) is 5.69 Å². The summed E-state index contributed by atoms with van der Waals surface area (Å²) in [5.74, 6) is 1.85. The van der Waals surface area contributed by atoms with Crippen LogP contribution in [-0.2, 0) is 11.2 Å². The largest absolute Gasteiger partial charge is 0.399 e. The molecule has 1 heterocycles. The molecule has 0 aromatic heterocycles. The van der Waals surface area contributed by atoms with Gasteiger partial charge in [-0.25, -0.2) is 0 Å². The Kier molecular flexibility index (Phi) is 3.95. The van der Waals surface area contributed by atoms with Crippen LogP contribution < -0.4 is 5.73 Å². The fourth-order valence-corrected chi connectivity index (χ4v) is 3.77. The maximum absolute atomic E-state index is 12.4. The number of aryl methyl sites for hydroxylation is 1. The summed E-state index contributed by atoms with van der Waals surface area (Å²) in [7, 11) is 0. The summed E-state index contributed by atoms with van der Waals surface area (Å²) in [6.45, 7) is 1.99. The first-order chi connectivity index (χ1) is 9.74. The van der Waals surface area contributed by atoms with E-state index in [1.165, 1.54) is 25.7 Å². The standard InChI is InChI=1S/C17H24N2O/c18-16-8-4-3-5-13(16)9-10-17(20)19-11-14-6-1-2-7-15(14)12-19/h3-5,8,14-15H,1-2,6-7,9-12,18H2. The van der Waals surface area contributed by atoms with E-state index in [9.17, 15) is 4.79 Å². The van der Waals surface area contributed by atoms with Gasteiger partial charge in [-0.1, -0.05) is 31.0 Å². The fourth-order valence-electron chi connectivity index (χ4n) is 3.77. The van der Waals surface area contributed by atoms with E-state index >= 15 is 0 Å².